The molecule has 0 saturated heterocycles. The van der Waals surface area contributed by atoms with Crippen LogP contribution in [-0.4, -0.2) is 64.1 Å². The summed E-state index contributed by atoms with van der Waals surface area (Å²) in [6.07, 6.45) is 4.04. The van der Waals surface area contributed by atoms with Gasteiger partial charge >= 0.3 is 5.97 Å². The molecule has 27 heavy (non-hydrogen) atoms. The van der Waals surface area contributed by atoms with Crippen molar-refractivity contribution in [2.45, 2.75) is 32.1 Å². The summed E-state index contributed by atoms with van der Waals surface area (Å²) in [5.74, 6) is 0.606. The monoisotopic (exact) mass is 376 g/mol. The maximum atomic E-state index is 12.0. The molecule has 0 aliphatic carbocycles. The Labute approximate surface area is 162 Å². The number of carbonyl (C=O) groups excluding carboxylic acids is 2. The van der Waals surface area contributed by atoms with Gasteiger partial charge in [0.05, 0.1) is 7.11 Å². The van der Waals surface area contributed by atoms with Crippen LogP contribution in [0, 0.1) is 0 Å². The van der Waals surface area contributed by atoms with E-state index in [1.54, 1.807) is 26.0 Å². The molecule has 1 amide bonds. The molecular weight excluding hydrogens is 344 g/mol. The molecule has 0 aliphatic rings. The van der Waals surface area contributed by atoms with Crippen LogP contribution in [0.4, 0.5) is 0 Å². The highest BCUT2D eigenvalue weighted by Gasteiger charge is 2.08. The molecule has 0 radical (unpaired) electrons. The smallest absolute Gasteiger partial charge is 0.305 e. The van der Waals surface area contributed by atoms with Crippen LogP contribution in [0.25, 0.3) is 0 Å². The molecular formula is C20H32N4O3. The van der Waals surface area contributed by atoms with Crippen molar-refractivity contribution in [1.29, 1.82) is 0 Å². The summed E-state index contributed by atoms with van der Waals surface area (Å²) >= 11 is 0. The highest BCUT2D eigenvalue weighted by atomic mass is 16.5. The number of hydrogen-bond donors (Lipinski definition) is 2. The molecule has 0 unspecified atom stereocenters. The predicted octanol–water partition coefficient (Wildman–Crippen LogP) is 1.83. The Morgan fingerprint density at radius 3 is 2.52 bits per heavy atom. The van der Waals surface area contributed by atoms with Crippen molar-refractivity contribution in [3.63, 3.8) is 0 Å². The van der Waals surface area contributed by atoms with Crippen LogP contribution in [-0.2, 0) is 16.0 Å². The molecule has 0 atom stereocenters. The van der Waals surface area contributed by atoms with Gasteiger partial charge in [0.25, 0.3) is 5.91 Å². The molecule has 0 aromatic heterocycles. The van der Waals surface area contributed by atoms with Crippen molar-refractivity contribution in [2.75, 3.05) is 41.3 Å². The Balaban J connectivity index is 2.28. The van der Waals surface area contributed by atoms with Crippen molar-refractivity contribution in [3.05, 3.63) is 35.4 Å². The van der Waals surface area contributed by atoms with E-state index >= 15 is 0 Å². The summed E-state index contributed by atoms with van der Waals surface area (Å²) in [6, 6.07) is 7.69. The standard InChI is InChI=1S/C20H32N4O3/c1-21-20(22-13-7-5-6-11-18(25)27-4)23-14-12-16-9-8-10-17(15-16)19(26)24(2)3/h8-10,15H,5-7,11-14H2,1-4H3,(H2,21,22,23). The molecule has 7 nitrogen and oxygen atoms in total. The average molecular weight is 377 g/mol. The Kier molecular flexibility index (Phi) is 10.6. The number of hydrogen-bond acceptors (Lipinski definition) is 4. The fraction of sp³-hybridized carbons (Fsp3) is 0.550. The first kappa shape index (κ1) is 22.5. The molecule has 7 heteroatoms. The van der Waals surface area contributed by atoms with E-state index in [9.17, 15) is 9.59 Å². The van der Waals surface area contributed by atoms with Crippen molar-refractivity contribution in [3.8, 4) is 0 Å². The summed E-state index contributed by atoms with van der Waals surface area (Å²) in [7, 11) is 6.65. The van der Waals surface area contributed by atoms with E-state index in [2.05, 4.69) is 20.4 Å². The Bertz CT molecular complexity index is 629. The molecule has 0 heterocycles. The Morgan fingerprint density at radius 2 is 1.85 bits per heavy atom. The minimum Gasteiger partial charge on any atom is -0.469 e. The topological polar surface area (TPSA) is 83.0 Å². The molecule has 1 aromatic rings. The molecule has 1 rings (SSSR count). The van der Waals surface area contributed by atoms with Crippen molar-refractivity contribution >= 4 is 17.8 Å². The number of guanidine groups is 1. The number of benzene rings is 1. The lowest BCUT2D eigenvalue weighted by atomic mass is 10.1. The van der Waals surface area contributed by atoms with Gasteiger partial charge in [-0.15, -0.1) is 0 Å². The zero-order valence-corrected chi connectivity index (χ0v) is 16.9. The number of ether oxygens (including phenoxy) is 1. The average Bonchev–Trinajstić information content (AvgIpc) is 2.68. The molecule has 0 spiro atoms. The highest BCUT2D eigenvalue weighted by Crippen LogP contribution is 2.07. The number of unbranched alkanes of at least 4 members (excludes halogenated alkanes) is 2. The molecule has 1 aromatic carbocycles. The Morgan fingerprint density at radius 1 is 1.11 bits per heavy atom. The van der Waals surface area contributed by atoms with Crippen molar-refractivity contribution < 1.29 is 14.3 Å². The van der Waals surface area contributed by atoms with E-state index in [-0.39, 0.29) is 11.9 Å². The Hall–Kier alpha value is -2.57. The van der Waals surface area contributed by atoms with Gasteiger partial charge in [0.2, 0.25) is 0 Å². The van der Waals surface area contributed by atoms with E-state index in [1.807, 2.05) is 24.3 Å². The van der Waals surface area contributed by atoms with Crippen molar-refractivity contribution in [1.82, 2.24) is 15.5 Å². The van der Waals surface area contributed by atoms with Crippen LogP contribution in [0.1, 0.15) is 41.6 Å². The normalized spacial score (nSPS) is 11.0. The minimum absolute atomic E-state index is 0.00878. The van der Waals surface area contributed by atoms with Gasteiger partial charge in [0, 0.05) is 46.2 Å². The first-order chi connectivity index (χ1) is 13.0. The fourth-order valence-electron chi connectivity index (χ4n) is 2.54. The zero-order valence-electron chi connectivity index (χ0n) is 16.9. The van der Waals surface area contributed by atoms with Crippen LogP contribution in [0.15, 0.2) is 29.3 Å². The van der Waals surface area contributed by atoms with E-state index in [4.69, 9.17) is 0 Å². The van der Waals surface area contributed by atoms with Crippen LogP contribution in [0.2, 0.25) is 0 Å². The quantitative estimate of drug-likeness (QED) is 0.282. The number of aliphatic imine (C=N–C) groups is 1. The van der Waals surface area contributed by atoms with Gasteiger partial charge in [-0.25, -0.2) is 0 Å². The number of methoxy groups -OCH3 is 1. The second-order valence-electron chi connectivity index (χ2n) is 6.46. The molecule has 0 fully saturated rings. The summed E-state index contributed by atoms with van der Waals surface area (Å²) in [5.41, 5.74) is 1.81. The number of esters is 1. The predicted molar refractivity (Wildman–Crippen MR) is 108 cm³/mol. The SMILES string of the molecule is CN=C(NCCCCCC(=O)OC)NCCc1cccc(C(=O)N(C)C)c1. The third kappa shape index (κ3) is 9.08. The number of nitrogens with zero attached hydrogens (tertiary/aromatic N) is 2. The lowest BCUT2D eigenvalue weighted by Gasteiger charge is -2.13. The fourth-order valence-corrected chi connectivity index (χ4v) is 2.54. The summed E-state index contributed by atoms with van der Waals surface area (Å²) < 4.78 is 4.62. The maximum Gasteiger partial charge on any atom is 0.305 e. The van der Waals surface area contributed by atoms with Crippen molar-refractivity contribution in [2.24, 2.45) is 4.99 Å². The van der Waals surface area contributed by atoms with E-state index < -0.39 is 0 Å². The first-order valence-corrected chi connectivity index (χ1v) is 9.30. The summed E-state index contributed by atoms with van der Waals surface area (Å²) in [4.78, 5) is 28.9. The van der Waals surface area contributed by atoms with E-state index in [0.717, 1.165) is 50.3 Å². The molecule has 2 N–H and O–H groups in total. The van der Waals surface area contributed by atoms with E-state index in [1.165, 1.54) is 7.11 Å². The molecule has 150 valence electrons. The van der Waals surface area contributed by atoms with Gasteiger partial charge in [0.15, 0.2) is 5.96 Å². The minimum atomic E-state index is -0.156. The molecule has 0 bridgehead atoms. The van der Waals surface area contributed by atoms with Gasteiger partial charge in [-0.2, -0.15) is 0 Å². The largest absolute Gasteiger partial charge is 0.469 e. The van der Waals surface area contributed by atoms with Crippen LogP contribution < -0.4 is 10.6 Å². The van der Waals surface area contributed by atoms with Gasteiger partial charge in [-0.05, 0) is 37.0 Å². The maximum absolute atomic E-state index is 12.0. The molecule has 0 saturated carbocycles. The third-order valence-corrected chi connectivity index (χ3v) is 4.09. The lowest BCUT2D eigenvalue weighted by Crippen LogP contribution is -2.38. The molecule has 0 aliphatic heterocycles. The van der Waals surface area contributed by atoms with Gasteiger partial charge in [0.1, 0.15) is 0 Å². The van der Waals surface area contributed by atoms with Crippen LogP contribution in [0.3, 0.4) is 0 Å². The van der Waals surface area contributed by atoms with Gasteiger partial charge in [-0.1, -0.05) is 18.6 Å². The zero-order chi connectivity index (χ0) is 20.1. The number of carbonyl (C=O) groups is 2. The van der Waals surface area contributed by atoms with Gasteiger partial charge < -0.3 is 20.3 Å². The second-order valence-corrected chi connectivity index (χ2v) is 6.46. The highest BCUT2D eigenvalue weighted by molar-refractivity contribution is 5.94. The van der Waals surface area contributed by atoms with E-state index in [0.29, 0.717) is 12.0 Å². The summed E-state index contributed by atoms with van der Waals surface area (Å²) in [5, 5.41) is 6.54. The first-order valence-electron chi connectivity index (χ1n) is 9.30. The second kappa shape index (κ2) is 12.7. The summed E-state index contributed by atoms with van der Waals surface area (Å²) in [6.45, 7) is 1.52. The number of nitrogens with one attached hydrogen (secondary N) is 2. The number of amides is 1. The van der Waals surface area contributed by atoms with Crippen LogP contribution in [0.5, 0.6) is 0 Å². The van der Waals surface area contributed by atoms with Gasteiger partial charge in [-0.3, -0.25) is 14.6 Å². The van der Waals surface area contributed by atoms with Crippen LogP contribution >= 0.6 is 0 Å². The number of rotatable bonds is 10. The third-order valence-electron chi connectivity index (χ3n) is 4.09. The lowest BCUT2D eigenvalue weighted by molar-refractivity contribution is -0.140.